The van der Waals surface area contributed by atoms with Gasteiger partial charge in [0.15, 0.2) is 7.28 Å². The predicted molar refractivity (Wildman–Crippen MR) is 322 cm³/mol. The summed E-state index contributed by atoms with van der Waals surface area (Å²) in [6.45, 7) is 31.3. The number of nitrogens with one attached hydrogen (secondary N) is 1. The van der Waals surface area contributed by atoms with Crippen molar-refractivity contribution in [1.82, 2.24) is 0 Å². The summed E-state index contributed by atoms with van der Waals surface area (Å²) in [7, 11) is 4.80. The lowest BCUT2D eigenvalue weighted by Gasteiger charge is -2.43. The maximum Gasteiger partial charge on any atom is 0.195 e. The molecule has 1 radical (unpaired) electrons. The molecule has 375 valence electrons. The van der Waals surface area contributed by atoms with E-state index < -0.39 is 0 Å². The van der Waals surface area contributed by atoms with E-state index in [4.69, 9.17) is 0 Å². The Morgan fingerprint density at radius 3 is 1.84 bits per heavy atom. The van der Waals surface area contributed by atoms with E-state index >= 15 is 0 Å². The normalized spacial score (nSPS) is 18.2. The zero-order valence-electron chi connectivity index (χ0n) is 47.0. The van der Waals surface area contributed by atoms with Gasteiger partial charge in [-0.3, -0.25) is 0 Å². The highest BCUT2D eigenvalue weighted by Gasteiger charge is 2.42. The maximum absolute atomic E-state index is 4.17. The molecule has 1 N–H and O–H groups in total. The third kappa shape index (κ3) is 8.42. The monoisotopic (exact) mass is 970 g/mol. The molecule has 0 bridgehead atoms. The van der Waals surface area contributed by atoms with Gasteiger partial charge in [0, 0.05) is 40.8 Å². The summed E-state index contributed by atoms with van der Waals surface area (Å²) in [4.78, 5) is 2.49. The topological polar surface area (TPSA) is 15.3 Å². The van der Waals surface area contributed by atoms with Gasteiger partial charge in [0.2, 0.25) is 0 Å². The molecule has 74 heavy (non-hydrogen) atoms. The Bertz CT molecular complexity index is 3460. The molecule has 0 aromatic heterocycles. The molecule has 0 amide bonds. The second-order valence-corrected chi connectivity index (χ2v) is 25.9. The molecule has 0 atom stereocenters. The summed E-state index contributed by atoms with van der Waals surface area (Å²) in [5, 5.41) is 4.17. The summed E-state index contributed by atoms with van der Waals surface area (Å²) in [5.41, 5.74) is 30.5. The van der Waals surface area contributed by atoms with Crippen LogP contribution < -0.4 is 21.1 Å². The van der Waals surface area contributed by atoms with E-state index in [-0.39, 0.29) is 27.1 Å². The standard InChI is InChI=1S/C71H78BN2/c1-44-22-18-19-25-50(44)53-42-54(65-62(33-30-52-51-26-20-21-27-55(51)71(12,13)66(52)65)73-49-29-31-56-58(41-49)69(8,9)35-34-67(56,4)5)61(39-45(53)2)72-60-32-28-48(47-23-16-15-17-24-47)40-64(60)74(14)63-43-59-57(38-46(63)3)68(6,7)36-37-70(59,10)11/h15-19,21-25,27-33,38-43,73H,20,26,34-37H2,1-14H3. The lowest BCUT2D eigenvalue weighted by molar-refractivity contribution is 0.332. The van der Waals surface area contributed by atoms with Gasteiger partial charge in [-0.15, -0.1) is 0 Å². The minimum atomic E-state index is -0.226. The highest BCUT2D eigenvalue weighted by atomic mass is 15.1. The molecule has 0 saturated heterocycles. The molecule has 3 heteroatoms. The van der Waals surface area contributed by atoms with Crippen molar-refractivity contribution in [3.63, 3.8) is 0 Å². The smallest absolute Gasteiger partial charge is 0.195 e. The van der Waals surface area contributed by atoms with E-state index in [0.29, 0.717) is 0 Å². The number of anilines is 4. The summed E-state index contributed by atoms with van der Waals surface area (Å²) in [6.07, 6.45) is 11.7. The van der Waals surface area contributed by atoms with Gasteiger partial charge >= 0.3 is 0 Å². The largest absolute Gasteiger partial charge is 0.355 e. The van der Waals surface area contributed by atoms with Crippen molar-refractivity contribution >= 4 is 46.5 Å². The summed E-state index contributed by atoms with van der Waals surface area (Å²) < 4.78 is 0. The first-order chi connectivity index (χ1) is 35.1. The fraction of sp³-hybridized carbons (Fsp3) is 0.352. The zero-order valence-corrected chi connectivity index (χ0v) is 47.0. The number of rotatable bonds is 9. The number of aryl methyl sites for hydroxylation is 3. The van der Waals surface area contributed by atoms with Crippen molar-refractivity contribution in [1.29, 1.82) is 0 Å². The summed E-state index contributed by atoms with van der Waals surface area (Å²) in [5.74, 6) is 0. The molecule has 0 unspecified atom stereocenters. The minimum Gasteiger partial charge on any atom is -0.355 e. The van der Waals surface area contributed by atoms with Crippen LogP contribution >= 0.6 is 0 Å². The van der Waals surface area contributed by atoms with Gasteiger partial charge in [-0.05, 0) is 206 Å². The highest BCUT2D eigenvalue weighted by molar-refractivity contribution is 6.70. The van der Waals surface area contributed by atoms with Gasteiger partial charge in [-0.2, -0.15) is 0 Å². The van der Waals surface area contributed by atoms with Crippen LogP contribution in [0.25, 0.3) is 39.0 Å². The molecular weight excluding hydrogens is 892 g/mol. The number of hydrogen-bond acceptors (Lipinski definition) is 2. The van der Waals surface area contributed by atoms with E-state index in [9.17, 15) is 0 Å². The third-order valence-corrected chi connectivity index (χ3v) is 18.6. The number of hydrogen-bond donors (Lipinski definition) is 1. The van der Waals surface area contributed by atoms with Gasteiger partial charge in [0.25, 0.3) is 0 Å². The fourth-order valence-electron chi connectivity index (χ4n) is 13.7. The molecule has 2 nitrogen and oxygen atoms in total. The molecule has 0 fully saturated rings. The van der Waals surface area contributed by atoms with Crippen molar-refractivity contribution in [2.24, 2.45) is 0 Å². The molecule has 11 rings (SSSR count). The molecule has 4 aliphatic rings. The van der Waals surface area contributed by atoms with Crippen LogP contribution in [0.3, 0.4) is 0 Å². The van der Waals surface area contributed by atoms with Crippen LogP contribution in [0.1, 0.15) is 158 Å². The van der Waals surface area contributed by atoms with Crippen LogP contribution in [0.15, 0.2) is 145 Å². The highest BCUT2D eigenvalue weighted by Crippen LogP contribution is 2.56. The number of allylic oxidation sites excluding steroid dienone is 4. The third-order valence-electron chi connectivity index (χ3n) is 18.6. The SMILES string of the molecule is Cc1ccccc1-c1cc(-c2c(Nc3ccc4c(c3)C(C)(C)CCC4(C)C)ccc3c2C(C)(C)C2=C3CCC=C2)c([B]c2ccc(-c3ccccc3)cc2N(C)c2cc3c(cc2C)C(C)(C)CCC3(C)C)cc1C. The quantitative estimate of drug-likeness (QED) is 0.145. The average Bonchev–Trinajstić information content (AvgIpc) is 3.61. The summed E-state index contributed by atoms with van der Waals surface area (Å²) >= 11 is 0. The van der Waals surface area contributed by atoms with Crippen molar-refractivity contribution in [2.75, 3.05) is 17.3 Å². The molecule has 0 heterocycles. The van der Waals surface area contributed by atoms with Crippen molar-refractivity contribution in [3.8, 4) is 33.4 Å². The Hall–Kier alpha value is -6.32. The van der Waals surface area contributed by atoms with Crippen molar-refractivity contribution in [2.45, 2.75) is 156 Å². The predicted octanol–water partition coefficient (Wildman–Crippen LogP) is 17.9. The molecule has 7 aromatic carbocycles. The lowest BCUT2D eigenvalue weighted by Crippen LogP contribution is -2.35. The van der Waals surface area contributed by atoms with Crippen LogP contribution in [-0.2, 0) is 27.1 Å². The Balaban J connectivity index is 1.15. The minimum absolute atomic E-state index is 0.0888. The number of benzene rings is 7. The average molecular weight is 970 g/mol. The van der Waals surface area contributed by atoms with E-state index in [1.165, 1.54) is 143 Å². The Morgan fingerprint density at radius 1 is 0.486 bits per heavy atom. The van der Waals surface area contributed by atoms with Crippen molar-refractivity contribution in [3.05, 3.63) is 195 Å². The van der Waals surface area contributed by atoms with Gasteiger partial charge in [-0.1, -0.05) is 183 Å². The van der Waals surface area contributed by atoms with Crippen LogP contribution in [0.2, 0.25) is 0 Å². The fourth-order valence-corrected chi connectivity index (χ4v) is 13.7. The van der Waals surface area contributed by atoms with Crippen molar-refractivity contribution < 1.29 is 0 Å². The molecule has 0 aliphatic heterocycles. The first kappa shape index (κ1) is 49.9. The van der Waals surface area contributed by atoms with Gasteiger partial charge in [0.05, 0.1) is 0 Å². The Labute approximate surface area is 445 Å². The van der Waals surface area contributed by atoms with Gasteiger partial charge < -0.3 is 10.2 Å². The molecular formula is C71H78BN2. The van der Waals surface area contributed by atoms with E-state index in [2.05, 4.69) is 254 Å². The second-order valence-electron chi connectivity index (χ2n) is 25.9. The van der Waals surface area contributed by atoms with Crippen LogP contribution in [0, 0.1) is 20.8 Å². The van der Waals surface area contributed by atoms with Gasteiger partial charge in [-0.25, -0.2) is 0 Å². The summed E-state index contributed by atoms with van der Waals surface area (Å²) in [6, 6.07) is 49.1. The molecule has 7 aromatic rings. The Morgan fingerprint density at radius 2 is 1.14 bits per heavy atom. The molecule has 4 aliphatic carbocycles. The Kier molecular flexibility index (Phi) is 12.1. The van der Waals surface area contributed by atoms with Crippen LogP contribution in [-0.4, -0.2) is 14.3 Å². The zero-order chi connectivity index (χ0) is 52.3. The lowest BCUT2D eigenvalue weighted by atomic mass is 9.59. The van der Waals surface area contributed by atoms with Crippen LogP contribution in [0.4, 0.5) is 22.7 Å². The molecule has 0 saturated carbocycles. The molecule has 0 spiro atoms. The van der Waals surface area contributed by atoms with Gasteiger partial charge in [0.1, 0.15) is 0 Å². The van der Waals surface area contributed by atoms with Crippen LogP contribution in [0.5, 0.6) is 0 Å². The second kappa shape index (κ2) is 17.9. The number of fused-ring (bicyclic) bond motifs is 4. The van der Waals surface area contributed by atoms with E-state index in [0.717, 1.165) is 24.2 Å². The van der Waals surface area contributed by atoms with E-state index in [1.54, 1.807) is 0 Å². The first-order valence-electron chi connectivity index (χ1n) is 27.7. The number of nitrogens with zero attached hydrogens (tertiary/aromatic N) is 1. The maximum atomic E-state index is 4.17. The van der Waals surface area contributed by atoms with E-state index in [1.807, 2.05) is 0 Å². The first-order valence-corrected chi connectivity index (χ1v) is 27.7.